The van der Waals surface area contributed by atoms with Crippen LogP contribution in [-0.2, 0) is 0 Å². The number of methoxy groups -OCH3 is 1. The smallest absolute Gasteiger partial charge is 0.146 e. The highest BCUT2D eigenvalue weighted by atomic mass is 19.1. The van der Waals surface area contributed by atoms with Crippen molar-refractivity contribution in [3.05, 3.63) is 54.6 Å². The zero-order valence-electron chi connectivity index (χ0n) is 11.4. The summed E-state index contributed by atoms with van der Waals surface area (Å²) in [6.07, 6.45) is 3.38. The molecule has 0 atom stereocenters. The summed E-state index contributed by atoms with van der Waals surface area (Å²) in [6.45, 7) is 0. The lowest BCUT2D eigenvalue weighted by Crippen LogP contribution is -1.97. The standard InChI is InChI=1S/C16H14FN3O/c1-21-10-2-3-13(17)16(8-10)20-15-5-4-14(18)11-6-7-19-9-12(11)15/h2-9,20H,18H2,1H3. The molecule has 106 valence electrons. The molecule has 1 aromatic heterocycles. The van der Waals surface area contributed by atoms with E-state index in [0.717, 1.165) is 16.5 Å². The van der Waals surface area contributed by atoms with E-state index in [1.807, 2.05) is 6.07 Å². The normalized spacial score (nSPS) is 10.6. The van der Waals surface area contributed by atoms with Gasteiger partial charge in [-0.1, -0.05) is 0 Å². The molecule has 3 rings (SSSR count). The van der Waals surface area contributed by atoms with Gasteiger partial charge in [0.25, 0.3) is 0 Å². The Labute approximate surface area is 121 Å². The second kappa shape index (κ2) is 5.28. The van der Waals surface area contributed by atoms with E-state index >= 15 is 0 Å². The van der Waals surface area contributed by atoms with Crippen LogP contribution < -0.4 is 15.8 Å². The van der Waals surface area contributed by atoms with Crippen molar-refractivity contribution in [3.8, 4) is 5.75 Å². The minimum atomic E-state index is -0.357. The number of nitrogens with zero attached hydrogens (tertiary/aromatic N) is 1. The third kappa shape index (κ3) is 2.45. The third-order valence-corrected chi connectivity index (χ3v) is 3.29. The first kappa shape index (κ1) is 13.2. The van der Waals surface area contributed by atoms with Crippen LogP contribution in [0.3, 0.4) is 0 Å². The average Bonchev–Trinajstić information content (AvgIpc) is 2.52. The van der Waals surface area contributed by atoms with Crippen molar-refractivity contribution in [2.75, 3.05) is 18.2 Å². The Hall–Kier alpha value is -2.82. The Morgan fingerprint density at radius 2 is 1.95 bits per heavy atom. The first-order valence-electron chi connectivity index (χ1n) is 6.42. The molecule has 0 unspecified atom stereocenters. The molecule has 2 aromatic carbocycles. The number of fused-ring (bicyclic) bond motifs is 1. The number of nitrogens with one attached hydrogen (secondary N) is 1. The number of ether oxygens (including phenoxy) is 1. The monoisotopic (exact) mass is 283 g/mol. The quantitative estimate of drug-likeness (QED) is 0.719. The lowest BCUT2D eigenvalue weighted by Gasteiger charge is -2.12. The number of hydrogen-bond acceptors (Lipinski definition) is 4. The number of aromatic nitrogens is 1. The summed E-state index contributed by atoms with van der Waals surface area (Å²) >= 11 is 0. The van der Waals surface area contributed by atoms with E-state index in [9.17, 15) is 4.39 Å². The zero-order valence-corrected chi connectivity index (χ0v) is 11.4. The topological polar surface area (TPSA) is 60.2 Å². The van der Waals surface area contributed by atoms with Crippen LogP contribution >= 0.6 is 0 Å². The van der Waals surface area contributed by atoms with Gasteiger partial charge in [0.05, 0.1) is 12.8 Å². The van der Waals surface area contributed by atoms with Gasteiger partial charge in [0.1, 0.15) is 11.6 Å². The second-order valence-corrected chi connectivity index (χ2v) is 4.59. The molecule has 0 fully saturated rings. The molecule has 0 aliphatic rings. The molecule has 0 aliphatic heterocycles. The molecule has 0 saturated carbocycles. The zero-order chi connectivity index (χ0) is 14.8. The minimum Gasteiger partial charge on any atom is -0.497 e. The predicted octanol–water partition coefficient (Wildman–Crippen LogP) is 3.71. The van der Waals surface area contributed by atoms with Crippen molar-refractivity contribution in [2.24, 2.45) is 0 Å². The Balaban J connectivity index is 2.08. The van der Waals surface area contributed by atoms with Crippen molar-refractivity contribution in [1.29, 1.82) is 0 Å². The number of pyridine rings is 1. The van der Waals surface area contributed by atoms with Crippen molar-refractivity contribution in [2.45, 2.75) is 0 Å². The van der Waals surface area contributed by atoms with Gasteiger partial charge in [-0.05, 0) is 30.3 Å². The summed E-state index contributed by atoms with van der Waals surface area (Å²) in [5.74, 6) is 0.224. The van der Waals surface area contributed by atoms with Crippen LogP contribution in [0.15, 0.2) is 48.8 Å². The molecule has 0 spiro atoms. The summed E-state index contributed by atoms with van der Waals surface area (Å²) in [7, 11) is 1.54. The molecular weight excluding hydrogens is 269 g/mol. The second-order valence-electron chi connectivity index (χ2n) is 4.59. The fourth-order valence-corrected chi connectivity index (χ4v) is 2.19. The van der Waals surface area contributed by atoms with E-state index in [-0.39, 0.29) is 5.82 Å². The maximum absolute atomic E-state index is 13.9. The van der Waals surface area contributed by atoms with Crippen LogP contribution in [0, 0.1) is 5.82 Å². The van der Waals surface area contributed by atoms with Gasteiger partial charge in [0.2, 0.25) is 0 Å². The van der Waals surface area contributed by atoms with Crippen LogP contribution in [0.25, 0.3) is 10.8 Å². The summed E-state index contributed by atoms with van der Waals surface area (Å²) in [5, 5.41) is 4.77. The summed E-state index contributed by atoms with van der Waals surface area (Å²) < 4.78 is 19.0. The van der Waals surface area contributed by atoms with Gasteiger partial charge in [-0.15, -0.1) is 0 Å². The molecule has 1 heterocycles. The minimum absolute atomic E-state index is 0.337. The van der Waals surface area contributed by atoms with E-state index in [2.05, 4.69) is 10.3 Å². The maximum Gasteiger partial charge on any atom is 0.146 e. The van der Waals surface area contributed by atoms with E-state index in [0.29, 0.717) is 17.1 Å². The Morgan fingerprint density at radius 3 is 2.76 bits per heavy atom. The molecule has 5 heteroatoms. The maximum atomic E-state index is 13.9. The van der Waals surface area contributed by atoms with Gasteiger partial charge < -0.3 is 15.8 Å². The number of nitrogen functional groups attached to an aromatic ring is 1. The van der Waals surface area contributed by atoms with E-state index in [4.69, 9.17) is 10.5 Å². The lowest BCUT2D eigenvalue weighted by atomic mass is 10.1. The molecular formula is C16H14FN3O. The number of nitrogens with two attached hydrogens (primary N) is 1. The van der Waals surface area contributed by atoms with Crippen LogP contribution in [0.2, 0.25) is 0 Å². The largest absolute Gasteiger partial charge is 0.497 e. The van der Waals surface area contributed by atoms with Crippen LogP contribution in [0.1, 0.15) is 0 Å². The summed E-state index contributed by atoms with van der Waals surface area (Å²) in [5.41, 5.74) is 7.67. The number of rotatable bonds is 3. The van der Waals surface area contributed by atoms with Crippen LogP contribution in [0.4, 0.5) is 21.5 Å². The van der Waals surface area contributed by atoms with E-state index in [1.54, 1.807) is 43.8 Å². The molecule has 0 radical (unpaired) electrons. The van der Waals surface area contributed by atoms with Gasteiger partial charge in [-0.25, -0.2) is 4.39 Å². The molecule has 0 aliphatic carbocycles. The Kier molecular flexibility index (Phi) is 3.31. The van der Waals surface area contributed by atoms with Crippen molar-refractivity contribution < 1.29 is 9.13 Å². The van der Waals surface area contributed by atoms with Gasteiger partial charge in [-0.3, -0.25) is 4.98 Å². The molecule has 21 heavy (non-hydrogen) atoms. The third-order valence-electron chi connectivity index (χ3n) is 3.29. The van der Waals surface area contributed by atoms with E-state index in [1.165, 1.54) is 6.07 Å². The number of benzene rings is 2. The van der Waals surface area contributed by atoms with Crippen molar-refractivity contribution >= 4 is 27.8 Å². The Morgan fingerprint density at radius 1 is 1.10 bits per heavy atom. The molecule has 0 amide bonds. The first-order chi connectivity index (χ1) is 10.2. The van der Waals surface area contributed by atoms with Gasteiger partial charge in [0, 0.05) is 40.6 Å². The van der Waals surface area contributed by atoms with Crippen LogP contribution in [-0.4, -0.2) is 12.1 Å². The molecule has 0 saturated heterocycles. The highest BCUT2D eigenvalue weighted by Crippen LogP contribution is 2.31. The average molecular weight is 283 g/mol. The fraction of sp³-hybridized carbons (Fsp3) is 0.0625. The number of hydrogen-bond donors (Lipinski definition) is 2. The fourth-order valence-electron chi connectivity index (χ4n) is 2.19. The van der Waals surface area contributed by atoms with Gasteiger partial charge in [0.15, 0.2) is 0 Å². The van der Waals surface area contributed by atoms with E-state index < -0.39 is 0 Å². The summed E-state index contributed by atoms with van der Waals surface area (Å²) in [4.78, 5) is 4.10. The molecule has 0 bridgehead atoms. The highest BCUT2D eigenvalue weighted by molar-refractivity contribution is 6.01. The first-order valence-corrected chi connectivity index (χ1v) is 6.42. The van der Waals surface area contributed by atoms with Crippen molar-refractivity contribution in [3.63, 3.8) is 0 Å². The molecule has 4 nitrogen and oxygen atoms in total. The van der Waals surface area contributed by atoms with Gasteiger partial charge in [-0.2, -0.15) is 0 Å². The number of halogens is 1. The Bertz CT molecular complexity index is 805. The van der Waals surface area contributed by atoms with Gasteiger partial charge >= 0.3 is 0 Å². The predicted molar refractivity (Wildman–Crippen MR) is 82.4 cm³/mol. The number of anilines is 3. The lowest BCUT2D eigenvalue weighted by molar-refractivity contribution is 0.414. The molecule has 3 N–H and O–H groups in total. The van der Waals surface area contributed by atoms with Crippen molar-refractivity contribution in [1.82, 2.24) is 4.98 Å². The SMILES string of the molecule is COc1ccc(F)c(Nc2ccc(N)c3ccncc23)c1. The molecule has 3 aromatic rings. The highest BCUT2D eigenvalue weighted by Gasteiger charge is 2.08. The van der Waals surface area contributed by atoms with Crippen LogP contribution in [0.5, 0.6) is 5.75 Å². The summed E-state index contributed by atoms with van der Waals surface area (Å²) in [6, 6.07) is 9.95.